The summed E-state index contributed by atoms with van der Waals surface area (Å²) in [7, 11) is -1.43. The number of nitrogens with zero attached hydrogens (tertiary/aromatic N) is 1. The van der Waals surface area contributed by atoms with Crippen LogP contribution in [-0.2, 0) is 29.9 Å². The fourth-order valence-electron chi connectivity index (χ4n) is 3.21. The van der Waals surface area contributed by atoms with E-state index in [0.717, 1.165) is 12.0 Å². The number of benzene rings is 2. The van der Waals surface area contributed by atoms with E-state index < -0.39 is 10.0 Å². The monoisotopic (exact) mass is 356 g/mol. The minimum Gasteiger partial charge on any atom is -0.348 e. The van der Waals surface area contributed by atoms with Crippen LogP contribution >= 0.6 is 0 Å². The molecule has 132 valence electrons. The quantitative estimate of drug-likeness (QED) is 0.734. The van der Waals surface area contributed by atoms with Gasteiger partial charge in [-0.15, -0.1) is 0 Å². The Labute approximate surface area is 149 Å². The highest BCUT2D eigenvalue weighted by Crippen LogP contribution is 2.25. The van der Waals surface area contributed by atoms with Crippen LogP contribution in [-0.4, -0.2) is 19.5 Å². The standard InChI is InChI=1S/C20H24N2O2S/c1-4-16-9-11-17(12-10-16)25(23,24)21-14-13-18-15(2)22(3)20-8-6-5-7-19(18)20/h5-12,21H,4,13-14H2,1-3H3. The van der Waals surface area contributed by atoms with Gasteiger partial charge in [0.2, 0.25) is 10.0 Å². The Morgan fingerprint density at radius 2 is 1.72 bits per heavy atom. The Morgan fingerprint density at radius 3 is 2.40 bits per heavy atom. The summed E-state index contributed by atoms with van der Waals surface area (Å²) < 4.78 is 29.8. The van der Waals surface area contributed by atoms with E-state index in [0.29, 0.717) is 17.9 Å². The minimum absolute atomic E-state index is 0.319. The summed E-state index contributed by atoms with van der Waals surface area (Å²) in [4.78, 5) is 0.319. The van der Waals surface area contributed by atoms with Gasteiger partial charge >= 0.3 is 0 Å². The molecule has 0 amide bonds. The summed E-state index contributed by atoms with van der Waals surface area (Å²) in [6.07, 6.45) is 1.56. The number of aromatic nitrogens is 1. The van der Waals surface area contributed by atoms with E-state index in [1.165, 1.54) is 22.2 Å². The molecule has 3 rings (SSSR count). The molecule has 0 unspecified atom stereocenters. The fraction of sp³-hybridized carbons (Fsp3) is 0.300. The van der Waals surface area contributed by atoms with E-state index in [-0.39, 0.29) is 0 Å². The maximum atomic E-state index is 12.5. The molecule has 3 aromatic rings. The van der Waals surface area contributed by atoms with Crippen molar-refractivity contribution in [3.05, 3.63) is 65.4 Å². The smallest absolute Gasteiger partial charge is 0.240 e. The molecule has 1 N–H and O–H groups in total. The predicted molar refractivity (Wildman–Crippen MR) is 102 cm³/mol. The normalized spacial score (nSPS) is 12.0. The first-order valence-corrected chi connectivity index (χ1v) is 10.0. The molecule has 0 bridgehead atoms. The molecule has 0 radical (unpaired) electrons. The van der Waals surface area contributed by atoms with Crippen molar-refractivity contribution in [1.82, 2.24) is 9.29 Å². The van der Waals surface area contributed by atoms with Crippen molar-refractivity contribution >= 4 is 20.9 Å². The number of hydrogen-bond donors (Lipinski definition) is 1. The van der Waals surface area contributed by atoms with Gasteiger partial charge < -0.3 is 4.57 Å². The first-order valence-electron chi connectivity index (χ1n) is 8.55. The third kappa shape index (κ3) is 3.48. The molecule has 0 spiro atoms. The van der Waals surface area contributed by atoms with Gasteiger partial charge in [0.05, 0.1) is 4.90 Å². The molecule has 0 fully saturated rings. The lowest BCUT2D eigenvalue weighted by atomic mass is 10.1. The zero-order chi connectivity index (χ0) is 18.0. The predicted octanol–water partition coefficient (Wildman–Crippen LogP) is 3.57. The van der Waals surface area contributed by atoms with E-state index in [2.05, 4.69) is 28.3 Å². The van der Waals surface area contributed by atoms with Crippen molar-refractivity contribution in [3.63, 3.8) is 0 Å². The van der Waals surface area contributed by atoms with E-state index in [1.807, 2.05) is 38.2 Å². The zero-order valence-corrected chi connectivity index (χ0v) is 15.7. The number of nitrogens with one attached hydrogen (secondary N) is 1. The van der Waals surface area contributed by atoms with Gasteiger partial charge in [-0.3, -0.25) is 0 Å². The third-order valence-corrected chi connectivity index (χ3v) is 6.32. The van der Waals surface area contributed by atoms with Crippen LogP contribution in [0.3, 0.4) is 0 Å². The highest BCUT2D eigenvalue weighted by atomic mass is 32.2. The summed E-state index contributed by atoms with van der Waals surface area (Å²) in [6, 6.07) is 15.3. The van der Waals surface area contributed by atoms with Crippen LogP contribution in [0.1, 0.15) is 23.7 Å². The summed E-state index contributed by atoms with van der Waals surface area (Å²) >= 11 is 0. The Balaban J connectivity index is 1.75. The van der Waals surface area contributed by atoms with Crippen LogP contribution in [0.5, 0.6) is 0 Å². The Kier molecular flexibility index (Phi) is 4.97. The largest absolute Gasteiger partial charge is 0.348 e. The molecule has 2 aromatic carbocycles. The number of sulfonamides is 1. The first-order chi connectivity index (χ1) is 11.9. The van der Waals surface area contributed by atoms with Crippen LogP contribution in [0.25, 0.3) is 10.9 Å². The van der Waals surface area contributed by atoms with Crippen LogP contribution in [0.2, 0.25) is 0 Å². The highest BCUT2D eigenvalue weighted by molar-refractivity contribution is 7.89. The highest BCUT2D eigenvalue weighted by Gasteiger charge is 2.15. The van der Waals surface area contributed by atoms with E-state index >= 15 is 0 Å². The second-order valence-electron chi connectivity index (χ2n) is 6.29. The van der Waals surface area contributed by atoms with E-state index in [1.54, 1.807) is 12.1 Å². The molecule has 25 heavy (non-hydrogen) atoms. The maximum Gasteiger partial charge on any atom is 0.240 e. The zero-order valence-electron chi connectivity index (χ0n) is 14.9. The molecule has 0 saturated heterocycles. The van der Waals surface area contributed by atoms with Crippen molar-refractivity contribution in [2.45, 2.75) is 31.6 Å². The Morgan fingerprint density at radius 1 is 1.04 bits per heavy atom. The van der Waals surface area contributed by atoms with Crippen molar-refractivity contribution in [2.24, 2.45) is 7.05 Å². The second kappa shape index (κ2) is 7.02. The number of rotatable bonds is 6. The van der Waals surface area contributed by atoms with Gasteiger partial charge in [0.25, 0.3) is 0 Å². The molecule has 0 aliphatic rings. The second-order valence-corrected chi connectivity index (χ2v) is 8.05. The van der Waals surface area contributed by atoms with E-state index in [9.17, 15) is 8.42 Å². The van der Waals surface area contributed by atoms with Crippen LogP contribution in [0, 0.1) is 6.92 Å². The lowest BCUT2D eigenvalue weighted by Crippen LogP contribution is -2.26. The van der Waals surface area contributed by atoms with Crippen molar-refractivity contribution in [1.29, 1.82) is 0 Å². The lowest BCUT2D eigenvalue weighted by Gasteiger charge is -2.08. The van der Waals surface area contributed by atoms with E-state index in [4.69, 9.17) is 0 Å². The average molecular weight is 356 g/mol. The molecule has 0 atom stereocenters. The summed E-state index contributed by atoms with van der Waals surface area (Å²) in [5, 5.41) is 1.19. The van der Waals surface area contributed by atoms with Gasteiger partial charge in [0.1, 0.15) is 0 Å². The number of hydrogen-bond acceptors (Lipinski definition) is 2. The van der Waals surface area contributed by atoms with Gasteiger partial charge in [-0.05, 0) is 49.1 Å². The van der Waals surface area contributed by atoms with Crippen LogP contribution < -0.4 is 4.72 Å². The molecule has 5 heteroatoms. The van der Waals surface area contributed by atoms with Gasteiger partial charge in [-0.1, -0.05) is 37.3 Å². The van der Waals surface area contributed by atoms with Gasteiger partial charge in [0, 0.05) is 30.2 Å². The number of fused-ring (bicyclic) bond motifs is 1. The minimum atomic E-state index is -3.47. The molecule has 1 aromatic heterocycles. The first kappa shape index (κ1) is 17.7. The molecule has 1 heterocycles. The topological polar surface area (TPSA) is 51.1 Å². The van der Waals surface area contributed by atoms with Gasteiger partial charge in [-0.25, -0.2) is 13.1 Å². The summed E-state index contributed by atoms with van der Waals surface area (Å²) in [5.41, 5.74) is 4.67. The fourth-order valence-corrected chi connectivity index (χ4v) is 4.24. The SMILES string of the molecule is CCc1ccc(S(=O)(=O)NCCc2c(C)n(C)c3ccccc23)cc1. The molecule has 0 saturated carbocycles. The Hall–Kier alpha value is -2.11. The molecule has 0 aliphatic heterocycles. The third-order valence-electron chi connectivity index (χ3n) is 4.84. The Bertz CT molecular complexity index is 986. The van der Waals surface area contributed by atoms with Crippen LogP contribution in [0.15, 0.2) is 53.4 Å². The average Bonchev–Trinajstić information content (AvgIpc) is 2.87. The van der Waals surface area contributed by atoms with Gasteiger partial charge in [-0.2, -0.15) is 0 Å². The molecular formula is C20H24N2O2S. The summed E-state index contributed by atoms with van der Waals surface area (Å²) in [5.74, 6) is 0. The van der Waals surface area contributed by atoms with Crippen molar-refractivity contribution < 1.29 is 8.42 Å². The molecule has 4 nitrogen and oxygen atoms in total. The maximum absolute atomic E-state index is 12.5. The van der Waals surface area contributed by atoms with Gasteiger partial charge in [0.15, 0.2) is 0 Å². The van der Waals surface area contributed by atoms with Crippen LogP contribution in [0.4, 0.5) is 0 Å². The summed E-state index contributed by atoms with van der Waals surface area (Å²) in [6.45, 7) is 4.51. The lowest BCUT2D eigenvalue weighted by molar-refractivity contribution is 0.581. The number of aryl methyl sites for hydroxylation is 2. The molecular weight excluding hydrogens is 332 g/mol. The van der Waals surface area contributed by atoms with Crippen molar-refractivity contribution in [2.75, 3.05) is 6.54 Å². The van der Waals surface area contributed by atoms with Crippen molar-refractivity contribution in [3.8, 4) is 0 Å². The number of para-hydroxylation sites is 1. The molecule has 0 aliphatic carbocycles.